The minimum Gasteiger partial charge on any atom is -0.372 e. The molecule has 0 fully saturated rings. The number of anilines is 1. The Hall–Kier alpha value is -1.39. The van der Waals surface area contributed by atoms with Crippen molar-refractivity contribution in [2.75, 3.05) is 24.7 Å². The summed E-state index contributed by atoms with van der Waals surface area (Å²) >= 11 is 0. The molecular weight excluding hydrogens is 216 g/mol. The molecule has 1 amide bonds. The Bertz CT molecular complexity index is 406. The Morgan fingerprint density at radius 1 is 1.53 bits per heavy atom. The van der Waals surface area contributed by atoms with E-state index >= 15 is 0 Å². The van der Waals surface area contributed by atoms with E-state index in [1.807, 2.05) is 31.2 Å². The SMILES string of the molecule is CCOCC(=O)N1CC(N)Cc2ccccc21. The standard InChI is InChI=1S/C13H18N2O2/c1-2-17-9-13(16)15-8-11(14)7-10-5-3-4-6-12(10)15/h3-6,11H,2,7-9,14H2,1H3. The molecule has 17 heavy (non-hydrogen) atoms. The summed E-state index contributed by atoms with van der Waals surface area (Å²) < 4.78 is 5.17. The number of fused-ring (bicyclic) bond motifs is 1. The fourth-order valence-electron chi connectivity index (χ4n) is 2.13. The van der Waals surface area contributed by atoms with Gasteiger partial charge in [-0.2, -0.15) is 0 Å². The van der Waals surface area contributed by atoms with Gasteiger partial charge in [-0.1, -0.05) is 18.2 Å². The number of benzene rings is 1. The lowest BCUT2D eigenvalue weighted by molar-refractivity contribution is -0.123. The van der Waals surface area contributed by atoms with E-state index in [4.69, 9.17) is 10.5 Å². The molecule has 1 aromatic carbocycles. The van der Waals surface area contributed by atoms with Gasteiger partial charge in [-0.15, -0.1) is 0 Å². The number of hydrogen-bond acceptors (Lipinski definition) is 3. The third kappa shape index (κ3) is 2.65. The third-order valence-corrected chi connectivity index (χ3v) is 2.91. The van der Waals surface area contributed by atoms with Gasteiger partial charge in [-0.3, -0.25) is 4.79 Å². The van der Waals surface area contributed by atoms with Crippen LogP contribution in [0.4, 0.5) is 5.69 Å². The first kappa shape index (κ1) is 12.1. The van der Waals surface area contributed by atoms with Crippen molar-refractivity contribution in [2.45, 2.75) is 19.4 Å². The average molecular weight is 234 g/mol. The van der Waals surface area contributed by atoms with Crippen LogP contribution in [0.2, 0.25) is 0 Å². The number of nitrogens with two attached hydrogens (primary N) is 1. The summed E-state index contributed by atoms with van der Waals surface area (Å²) in [5, 5.41) is 0. The van der Waals surface area contributed by atoms with Crippen molar-refractivity contribution < 1.29 is 9.53 Å². The van der Waals surface area contributed by atoms with Crippen molar-refractivity contribution in [3.63, 3.8) is 0 Å². The highest BCUT2D eigenvalue weighted by atomic mass is 16.5. The minimum atomic E-state index is -0.0190. The largest absolute Gasteiger partial charge is 0.372 e. The first-order valence-electron chi connectivity index (χ1n) is 5.94. The minimum absolute atomic E-state index is 0.00970. The van der Waals surface area contributed by atoms with Gasteiger partial charge in [0.1, 0.15) is 6.61 Å². The molecule has 0 saturated carbocycles. The first-order valence-corrected chi connectivity index (χ1v) is 5.94. The maximum absolute atomic E-state index is 12.0. The molecule has 1 atom stereocenters. The number of hydrogen-bond donors (Lipinski definition) is 1. The Morgan fingerprint density at radius 2 is 2.29 bits per heavy atom. The first-order chi connectivity index (χ1) is 8.22. The van der Waals surface area contributed by atoms with E-state index < -0.39 is 0 Å². The number of carbonyl (C=O) groups is 1. The van der Waals surface area contributed by atoms with Crippen LogP contribution in [0.25, 0.3) is 0 Å². The summed E-state index contributed by atoms with van der Waals surface area (Å²) in [4.78, 5) is 13.7. The van der Waals surface area contributed by atoms with E-state index in [1.54, 1.807) is 4.90 Å². The molecule has 92 valence electrons. The zero-order valence-electron chi connectivity index (χ0n) is 10.1. The van der Waals surface area contributed by atoms with Crippen LogP contribution in [0.1, 0.15) is 12.5 Å². The molecule has 4 nitrogen and oxygen atoms in total. The Kier molecular flexibility index (Phi) is 3.76. The van der Waals surface area contributed by atoms with Crippen molar-refractivity contribution in [1.29, 1.82) is 0 Å². The van der Waals surface area contributed by atoms with Crippen molar-refractivity contribution in [2.24, 2.45) is 5.73 Å². The quantitative estimate of drug-likeness (QED) is 0.846. The predicted molar refractivity (Wildman–Crippen MR) is 67.0 cm³/mol. The van der Waals surface area contributed by atoms with E-state index in [0.717, 1.165) is 17.7 Å². The van der Waals surface area contributed by atoms with Crippen LogP contribution in [0, 0.1) is 0 Å². The van der Waals surface area contributed by atoms with Crippen LogP contribution in [0.5, 0.6) is 0 Å². The smallest absolute Gasteiger partial charge is 0.253 e. The predicted octanol–water partition coefficient (Wildman–Crippen LogP) is 0.940. The molecule has 1 aliphatic rings. The molecule has 1 aliphatic heterocycles. The van der Waals surface area contributed by atoms with Crippen molar-refractivity contribution >= 4 is 11.6 Å². The molecule has 0 saturated heterocycles. The van der Waals surface area contributed by atoms with Gasteiger partial charge in [0.05, 0.1) is 0 Å². The van der Waals surface area contributed by atoms with Crippen LogP contribution in [-0.4, -0.2) is 31.7 Å². The lowest BCUT2D eigenvalue weighted by Gasteiger charge is -2.32. The molecule has 1 aromatic rings. The lowest BCUT2D eigenvalue weighted by Crippen LogP contribution is -2.47. The molecule has 0 bridgehead atoms. The van der Waals surface area contributed by atoms with E-state index in [1.165, 1.54) is 0 Å². The summed E-state index contributed by atoms with van der Waals surface area (Å²) in [5.41, 5.74) is 8.08. The Morgan fingerprint density at radius 3 is 3.06 bits per heavy atom. The Balaban J connectivity index is 2.20. The van der Waals surface area contributed by atoms with Gasteiger partial charge in [0.2, 0.25) is 0 Å². The normalized spacial score (nSPS) is 18.9. The van der Waals surface area contributed by atoms with E-state index in [0.29, 0.717) is 13.2 Å². The van der Waals surface area contributed by atoms with Crippen LogP contribution in [0.15, 0.2) is 24.3 Å². The van der Waals surface area contributed by atoms with Gasteiger partial charge in [0.25, 0.3) is 5.91 Å². The molecule has 1 heterocycles. The molecule has 2 rings (SSSR count). The highest BCUT2D eigenvalue weighted by Gasteiger charge is 2.25. The van der Waals surface area contributed by atoms with Crippen molar-refractivity contribution in [3.8, 4) is 0 Å². The van der Waals surface area contributed by atoms with Gasteiger partial charge in [0.15, 0.2) is 0 Å². The molecule has 0 aliphatic carbocycles. The summed E-state index contributed by atoms with van der Waals surface area (Å²) in [6, 6.07) is 7.91. The van der Waals surface area contributed by atoms with Crippen molar-refractivity contribution in [3.05, 3.63) is 29.8 Å². The number of carbonyl (C=O) groups excluding carboxylic acids is 1. The average Bonchev–Trinajstić information content (AvgIpc) is 2.34. The Labute approximate surface area is 101 Å². The van der Waals surface area contributed by atoms with E-state index in [2.05, 4.69) is 0 Å². The third-order valence-electron chi connectivity index (χ3n) is 2.91. The topological polar surface area (TPSA) is 55.6 Å². The summed E-state index contributed by atoms with van der Waals surface area (Å²) in [7, 11) is 0. The fourth-order valence-corrected chi connectivity index (χ4v) is 2.13. The molecule has 1 unspecified atom stereocenters. The van der Waals surface area contributed by atoms with Crippen LogP contribution in [-0.2, 0) is 16.0 Å². The van der Waals surface area contributed by atoms with Gasteiger partial charge in [0, 0.05) is 24.9 Å². The van der Waals surface area contributed by atoms with Crippen LogP contribution in [0.3, 0.4) is 0 Å². The lowest BCUT2D eigenvalue weighted by atomic mass is 9.98. The van der Waals surface area contributed by atoms with Gasteiger partial charge in [-0.25, -0.2) is 0 Å². The zero-order valence-corrected chi connectivity index (χ0v) is 10.1. The second kappa shape index (κ2) is 5.29. The number of nitrogens with zero attached hydrogens (tertiary/aromatic N) is 1. The second-order valence-electron chi connectivity index (χ2n) is 4.23. The van der Waals surface area contributed by atoms with Crippen LogP contribution < -0.4 is 10.6 Å². The van der Waals surface area contributed by atoms with Crippen molar-refractivity contribution in [1.82, 2.24) is 0 Å². The highest BCUT2D eigenvalue weighted by molar-refractivity contribution is 5.95. The molecular formula is C13H18N2O2. The maximum Gasteiger partial charge on any atom is 0.253 e. The molecule has 0 radical (unpaired) electrons. The summed E-state index contributed by atoms with van der Waals surface area (Å²) in [5.74, 6) is -0.0190. The molecule has 2 N–H and O–H groups in total. The summed E-state index contributed by atoms with van der Waals surface area (Å²) in [6.07, 6.45) is 0.828. The second-order valence-corrected chi connectivity index (χ2v) is 4.23. The van der Waals surface area contributed by atoms with Gasteiger partial charge >= 0.3 is 0 Å². The van der Waals surface area contributed by atoms with E-state index in [-0.39, 0.29) is 18.6 Å². The molecule has 4 heteroatoms. The summed E-state index contributed by atoms with van der Waals surface area (Å²) in [6.45, 7) is 3.12. The number of para-hydroxylation sites is 1. The van der Waals surface area contributed by atoms with Crippen LogP contribution >= 0.6 is 0 Å². The van der Waals surface area contributed by atoms with E-state index in [9.17, 15) is 4.79 Å². The molecule has 0 spiro atoms. The van der Waals surface area contributed by atoms with Gasteiger partial charge in [-0.05, 0) is 25.0 Å². The number of amides is 1. The fraction of sp³-hybridized carbons (Fsp3) is 0.462. The highest BCUT2D eigenvalue weighted by Crippen LogP contribution is 2.26. The van der Waals surface area contributed by atoms with Gasteiger partial charge < -0.3 is 15.4 Å². The molecule has 0 aromatic heterocycles. The number of ether oxygens (including phenoxy) is 1. The maximum atomic E-state index is 12.0. The number of rotatable bonds is 3. The zero-order chi connectivity index (χ0) is 12.3. The monoisotopic (exact) mass is 234 g/mol.